The van der Waals surface area contributed by atoms with Crippen molar-refractivity contribution in [1.29, 1.82) is 0 Å². The Bertz CT molecular complexity index is 512. The van der Waals surface area contributed by atoms with Gasteiger partial charge in [0.15, 0.2) is 11.2 Å². The Hall–Kier alpha value is -1.62. The van der Waals surface area contributed by atoms with Crippen molar-refractivity contribution in [2.45, 2.75) is 32.1 Å². The zero-order valence-corrected chi connectivity index (χ0v) is 15.6. The van der Waals surface area contributed by atoms with Crippen molar-refractivity contribution in [3.8, 4) is 12.3 Å². The lowest BCUT2D eigenvalue weighted by Crippen LogP contribution is -2.41. The van der Waals surface area contributed by atoms with Gasteiger partial charge in [0.05, 0.1) is 14.2 Å². The maximum Gasteiger partial charge on any atom is 0.324 e. The number of ketones is 1. The summed E-state index contributed by atoms with van der Waals surface area (Å²) in [7, 11) is 2.40. The molecule has 0 bridgehead atoms. The molecule has 0 unspecified atom stereocenters. The summed E-state index contributed by atoms with van der Waals surface area (Å²) in [5.41, 5.74) is -1.54. The van der Waals surface area contributed by atoms with E-state index in [0.29, 0.717) is 19.3 Å². The van der Waals surface area contributed by atoms with Gasteiger partial charge in [0.2, 0.25) is 0 Å². The number of allylic oxidation sites excluding steroid dienone is 3. The summed E-state index contributed by atoms with van der Waals surface area (Å²) in [4.78, 5) is 35.4. The van der Waals surface area contributed by atoms with Crippen molar-refractivity contribution in [2.24, 2.45) is 5.41 Å². The molecule has 0 aromatic carbocycles. The number of carbonyl (C=O) groups is 3. The molecular weight excluding hydrogens is 411 g/mol. The Balaban J connectivity index is 5.10. The molecule has 0 aromatic heterocycles. The van der Waals surface area contributed by atoms with E-state index >= 15 is 0 Å². The largest absolute Gasteiger partial charge is 0.468 e. The third-order valence-electron chi connectivity index (χ3n) is 3.25. The monoisotopic (exact) mass is 432 g/mol. The Labute approximate surface area is 150 Å². The van der Waals surface area contributed by atoms with E-state index in [1.54, 1.807) is 0 Å². The van der Waals surface area contributed by atoms with Gasteiger partial charge in [-0.1, -0.05) is 12.7 Å². The number of methoxy groups -OCH3 is 2. The minimum atomic E-state index is -1.54. The zero-order chi connectivity index (χ0) is 17.9. The molecule has 126 valence electrons. The molecule has 0 spiro atoms. The van der Waals surface area contributed by atoms with Crippen LogP contribution in [0.15, 0.2) is 22.3 Å². The van der Waals surface area contributed by atoms with Crippen LogP contribution in [0.2, 0.25) is 0 Å². The Kier molecular flexibility index (Phi) is 10.2. The van der Waals surface area contributed by atoms with Crippen molar-refractivity contribution in [3.63, 3.8) is 0 Å². The number of rotatable bonds is 10. The Morgan fingerprint density at radius 1 is 1.26 bits per heavy atom. The molecule has 0 aliphatic rings. The second kappa shape index (κ2) is 11.0. The van der Waals surface area contributed by atoms with Gasteiger partial charge in [-0.15, -0.1) is 12.3 Å². The molecule has 0 atom stereocenters. The lowest BCUT2D eigenvalue weighted by atomic mass is 9.81. The Morgan fingerprint density at radius 3 is 2.26 bits per heavy atom. The van der Waals surface area contributed by atoms with Crippen LogP contribution in [-0.4, -0.2) is 31.9 Å². The van der Waals surface area contributed by atoms with E-state index in [0.717, 1.165) is 3.58 Å². The van der Waals surface area contributed by atoms with Crippen LogP contribution in [0.3, 0.4) is 0 Å². The summed E-state index contributed by atoms with van der Waals surface area (Å²) in [6.45, 7) is 3.41. The minimum absolute atomic E-state index is 0.0146. The van der Waals surface area contributed by atoms with Gasteiger partial charge in [0.1, 0.15) is 0 Å². The number of terminal acetylenes is 1. The molecule has 0 amide bonds. The molecule has 0 rings (SSSR count). The Morgan fingerprint density at radius 2 is 1.83 bits per heavy atom. The molecule has 5 nitrogen and oxygen atoms in total. The summed E-state index contributed by atoms with van der Waals surface area (Å²) >= 11 is 2.04. The number of carbonyl (C=O) groups excluding carboxylic acids is 3. The highest BCUT2D eigenvalue weighted by Gasteiger charge is 2.48. The molecule has 0 radical (unpaired) electrons. The standard InChI is InChI=1S/C17H21IO5/c1-5-11-17(15(20)22-3,16(21)23-4)12-13(18)9-7-8-10-14(19)6-2/h1,6,9H,2,7-8,10-12H2,3-4H3/b13-9-. The molecular formula is C17H21IO5. The van der Waals surface area contributed by atoms with E-state index in [1.165, 1.54) is 20.3 Å². The van der Waals surface area contributed by atoms with E-state index in [4.69, 9.17) is 15.9 Å². The molecule has 0 aliphatic carbocycles. The summed E-state index contributed by atoms with van der Waals surface area (Å²) < 4.78 is 10.3. The maximum atomic E-state index is 12.1. The summed E-state index contributed by atoms with van der Waals surface area (Å²) in [6.07, 6.45) is 10.2. The summed E-state index contributed by atoms with van der Waals surface area (Å²) in [5, 5.41) is 0. The van der Waals surface area contributed by atoms with E-state index < -0.39 is 17.4 Å². The zero-order valence-electron chi connectivity index (χ0n) is 13.4. The van der Waals surface area contributed by atoms with Crippen LogP contribution >= 0.6 is 22.6 Å². The van der Waals surface area contributed by atoms with Crippen LogP contribution in [0.5, 0.6) is 0 Å². The number of hydrogen-bond donors (Lipinski definition) is 0. The minimum Gasteiger partial charge on any atom is -0.468 e. The van der Waals surface area contributed by atoms with Crippen LogP contribution < -0.4 is 0 Å². The molecule has 23 heavy (non-hydrogen) atoms. The van der Waals surface area contributed by atoms with Gasteiger partial charge in [-0.05, 0) is 45.1 Å². The molecule has 0 heterocycles. The topological polar surface area (TPSA) is 69.7 Å². The fourth-order valence-corrected chi connectivity index (χ4v) is 2.96. The first kappa shape index (κ1) is 21.4. The molecule has 0 fully saturated rings. The number of unbranched alkanes of at least 4 members (excludes halogenated alkanes) is 1. The van der Waals surface area contributed by atoms with Crippen LogP contribution in [0, 0.1) is 17.8 Å². The van der Waals surface area contributed by atoms with E-state index in [-0.39, 0.29) is 18.6 Å². The molecule has 0 aromatic rings. The fraction of sp³-hybridized carbons (Fsp3) is 0.471. The summed E-state index contributed by atoms with van der Waals surface area (Å²) in [5.74, 6) is 0.900. The summed E-state index contributed by atoms with van der Waals surface area (Å²) in [6, 6.07) is 0. The third kappa shape index (κ3) is 6.57. The highest BCUT2D eigenvalue weighted by Crippen LogP contribution is 2.35. The number of hydrogen-bond acceptors (Lipinski definition) is 5. The van der Waals surface area contributed by atoms with Crippen molar-refractivity contribution >= 4 is 40.3 Å². The second-order valence-electron chi connectivity index (χ2n) is 4.84. The van der Waals surface area contributed by atoms with Gasteiger partial charge in [0, 0.05) is 19.3 Å². The van der Waals surface area contributed by atoms with Crippen LogP contribution in [0.4, 0.5) is 0 Å². The highest BCUT2D eigenvalue weighted by atomic mass is 127. The quantitative estimate of drug-likeness (QED) is 0.133. The average Bonchev–Trinajstić information content (AvgIpc) is 2.56. The lowest BCUT2D eigenvalue weighted by Gasteiger charge is -2.26. The molecule has 6 heteroatoms. The number of esters is 2. The van der Waals surface area contributed by atoms with Gasteiger partial charge in [-0.2, -0.15) is 0 Å². The lowest BCUT2D eigenvalue weighted by molar-refractivity contribution is -0.168. The molecule has 0 saturated carbocycles. The van der Waals surface area contributed by atoms with Crippen LogP contribution in [0.25, 0.3) is 0 Å². The van der Waals surface area contributed by atoms with E-state index in [1.807, 2.05) is 28.7 Å². The van der Waals surface area contributed by atoms with Crippen LogP contribution in [0.1, 0.15) is 32.1 Å². The van der Waals surface area contributed by atoms with Gasteiger partial charge in [0.25, 0.3) is 0 Å². The van der Waals surface area contributed by atoms with Gasteiger partial charge < -0.3 is 9.47 Å². The first-order valence-electron chi connectivity index (χ1n) is 6.98. The maximum absolute atomic E-state index is 12.1. The van der Waals surface area contributed by atoms with Gasteiger partial charge in [-0.3, -0.25) is 14.4 Å². The van der Waals surface area contributed by atoms with E-state index in [2.05, 4.69) is 12.5 Å². The van der Waals surface area contributed by atoms with Crippen LogP contribution in [-0.2, 0) is 23.9 Å². The predicted octanol–water partition coefficient (Wildman–Crippen LogP) is 2.98. The SMILES string of the molecule is C#CCC(C/C(I)=C/CCCC(=O)C=C)(C(=O)OC)C(=O)OC. The van der Waals surface area contributed by atoms with Crippen molar-refractivity contribution in [1.82, 2.24) is 0 Å². The van der Waals surface area contributed by atoms with Crippen molar-refractivity contribution in [2.75, 3.05) is 14.2 Å². The highest BCUT2D eigenvalue weighted by molar-refractivity contribution is 14.1. The molecule has 0 aliphatic heterocycles. The molecule has 0 saturated heterocycles. The number of ether oxygens (including phenoxy) is 2. The first-order chi connectivity index (χ1) is 10.9. The molecule has 0 N–H and O–H groups in total. The van der Waals surface area contributed by atoms with E-state index in [9.17, 15) is 14.4 Å². The van der Waals surface area contributed by atoms with Crippen molar-refractivity contribution < 1.29 is 23.9 Å². The number of halogens is 1. The fourth-order valence-electron chi connectivity index (χ4n) is 2.00. The second-order valence-corrected chi connectivity index (χ2v) is 6.22. The van der Waals surface area contributed by atoms with Gasteiger partial charge >= 0.3 is 11.9 Å². The smallest absolute Gasteiger partial charge is 0.324 e. The first-order valence-corrected chi connectivity index (χ1v) is 8.06. The van der Waals surface area contributed by atoms with Gasteiger partial charge in [-0.25, -0.2) is 0 Å². The third-order valence-corrected chi connectivity index (χ3v) is 4.07. The average molecular weight is 432 g/mol. The predicted molar refractivity (Wildman–Crippen MR) is 95.7 cm³/mol. The normalized spacial score (nSPS) is 11.3. The van der Waals surface area contributed by atoms with Crippen molar-refractivity contribution in [3.05, 3.63) is 22.3 Å².